The van der Waals surface area contributed by atoms with Crippen LogP contribution in [0.5, 0.6) is 11.5 Å². The van der Waals surface area contributed by atoms with E-state index in [9.17, 15) is 9.59 Å². The van der Waals surface area contributed by atoms with Crippen LogP contribution < -0.4 is 9.47 Å². The Morgan fingerprint density at radius 1 is 1.00 bits per heavy atom. The van der Waals surface area contributed by atoms with Crippen LogP contribution in [0.1, 0.15) is 35.3 Å². The molecule has 0 spiro atoms. The van der Waals surface area contributed by atoms with Crippen LogP contribution in [0.2, 0.25) is 15.1 Å². The number of nitrogens with zero attached hydrogens (tertiary/aromatic N) is 2. The van der Waals surface area contributed by atoms with E-state index in [1.54, 1.807) is 73.7 Å². The van der Waals surface area contributed by atoms with E-state index in [0.29, 0.717) is 45.0 Å². The first-order valence-electron chi connectivity index (χ1n) is 11.0. The van der Waals surface area contributed by atoms with Gasteiger partial charge in [-0.2, -0.15) is 10.1 Å². The number of hydrogen-bond acceptors (Lipinski definition) is 5. The fourth-order valence-corrected chi connectivity index (χ4v) is 4.29. The number of hydrogen-bond donors (Lipinski definition) is 0. The Kier molecular flexibility index (Phi) is 7.99. The van der Waals surface area contributed by atoms with Crippen molar-refractivity contribution in [3.8, 4) is 11.5 Å². The summed E-state index contributed by atoms with van der Waals surface area (Å²) in [5.74, 6) is -0.274. The van der Waals surface area contributed by atoms with Gasteiger partial charge in [-0.15, -0.1) is 0 Å². The van der Waals surface area contributed by atoms with Gasteiger partial charge in [0.15, 0.2) is 11.5 Å². The molecule has 1 aliphatic heterocycles. The Morgan fingerprint density at radius 2 is 1.75 bits per heavy atom. The van der Waals surface area contributed by atoms with Crippen molar-refractivity contribution < 1.29 is 19.1 Å². The number of halogens is 3. The summed E-state index contributed by atoms with van der Waals surface area (Å²) in [6.07, 6.45) is 1.62. The average molecular weight is 544 g/mol. The number of carbonyl (C=O) groups excluding carboxylic acids is 2. The third kappa shape index (κ3) is 5.57. The second-order valence-corrected chi connectivity index (χ2v) is 9.07. The van der Waals surface area contributed by atoms with Crippen LogP contribution in [0.25, 0.3) is 6.08 Å². The first-order valence-corrected chi connectivity index (χ1v) is 12.2. The van der Waals surface area contributed by atoms with Crippen molar-refractivity contribution in [2.24, 2.45) is 5.10 Å². The van der Waals surface area contributed by atoms with Crippen LogP contribution in [-0.2, 0) is 11.4 Å². The minimum absolute atomic E-state index is 0.150. The van der Waals surface area contributed by atoms with E-state index in [-0.39, 0.29) is 17.2 Å². The predicted octanol–water partition coefficient (Wildman–Crippen LogP) is 7.07. The molecule has 4 rings (SSSR count). The van der Waals surface area contributed by atoms with Crippen LogP contribution in [0.3, 0.4) is 0 Å². The van der Waals surface area contributed by atoms with Crippen molar-refractivity contribution in [2.75, 3.05) is 6.61 Å². The van der Waals surface area contributed by atoms with Gasteiger partial charge in [-0.1, -0.05) is 59.1 Å². The van der Waals surface area contributed by atoms with Crippen LogP contribution in [0, 0.1) is 0 Å². The van der Waals surface area contributed by atoms with Gasteiger partial charge in [0, 0.05) is 21.2 Å². The first kappa shape index (κ1) is 25.8. The first-order chi connectivity index (χ1) is 17.3. The quantitative estimate of drug-likeness (QED) is 0.236. The summed E-state index contributed by atoms with van der Waals surface area (Å²) in [6, 6.07) is 17.0. The molecule has 3 aromatic rings. The van der Waals surface area contributed by atoms with Gasteiger partial charge in [0.25, 0.3) is 11.8 Å². The van der Waals surface area contributed by atoms with Gasteiger partial charge in [-0.3, -0.25) is 9.59 Å². The zero-order valence-electron chi connectivity index (χ0n) is 19.4. The maximum atomic E-state index is 13.0. The standard InChI is InChI=1S/C27H21Cl3N2O4/c1-3-35-24-13-17(12-23(30)25(24)36-15-19-9-10-20(28)14-22(19)29)11-21-16(2)31-32(27(21)34)26(33)18-7-5-4-6-8-18/h4-14H,3,15H2,1-2H3/b21-11+. The normalized spacial score (nSPS) is 14.2. The number of imide groups is 1. The lowest BCUT2D eigenvalue weighted by Gasteiger charge is -2.15. The SMILES string of the molecule is CCOc1cc(/C=C2/C(=O)N(C(=O)c3ccccc3)N=C2C)cc(Cl)c1OCc1ccc(Cl)cc1Cl. The summed E-state index contributed by atoms with van der Waals surface area (Å²) >= 11 is 18.8. The van der Waals surface area contributed by atoms with Crippen molar-refractivity contribution >= 4 is 58.4 Å². The Balaban J connectivity index is 1.60. The highest BCUT2D eigenvalue weighted by atomic mass is 35.5. The Labute approximate surface area is 223 Å². The molecule has 2 amide bonds. The molecule has 0 bridgehead atoms. The zero-order valence-corrected chi connectivity index (χ0v) is 21.7. The summed E-state index contributed by atoms with van der Waals surface area (Å²) in [7, 11) is 0. The number of benzene rings is 3. The summed E-state index contributed by atoms with van der Waals surface area (Å²) in [5.41, 5.74) is 2.38. The zero-order chi connectivity index (χ0) is 25.8. The lowest BCUT2D eigenvalue weighted by Crippen LogP contribution is -2.29. The fourth-order valence-electron chi connectivity index (χ4n) is 3.55. The van der Waals surface area contributed by atoms with E-state index in [4.69, 9.17) is 44.3 Å². The van der Waals surface area contributed by atoms with Crippen LogP contribution in [0.4, 0.5) is 0 Å². The van der Waals surface area contributed by atoms with Gasteiger partial charge in [0.05, 0.1) is 22.9 Å². The van der Waals surface area contributed by atoms with Gasteiger partial charge in [-0.05, 0) is 61.9 Å². The fraction of sp³-hybridized carbons (Fsp3) is 0.148. The van der Waals surface area contributed by atoms with E-state index < -0.39 is 11.8 Å². The molecule has 184 valence electrons. The van der Waals surface area contributed by atoms with Crippen molar-refractivity contribution in [1.82, 2.24) is 5.01 Å². The summed E-state index contributed by atoms with van der Waals surface area (Å²) in [6.45, 7) is 4.02. The molecule has 6 nitrogen and oxygen atoms in total. The Morgan fingerprint density at radius 3 is 2.44 bits per heavy atom. The lowest BCUT2D eigenvalue weighted by molar-refractivity contribution is -0.123. The van der Waals surface area contributed by atoms with Gasteiger partial charge in [0.2, 0.25) is 0 Å². The van der Waals surface area contributed by atoms with Crippen LogP contribution in [-0.4, -0.2) is 29.1 Å². The monoisotopic (exact) mass is 542 g/mol. The highest BCUT2D eigenvalue weighted by Crippen LogP contribution is 2.38. The minimum atomic E-state index is -0.520. The lowest BCUT2D eigenvalue weighted by atomic mass is 10.1. The van der Waals surface area contributed by atoms with Crippen LogP contribution in [0.15, 0.2) is 71.3 Å². The van der Waals surface area contributed by atoms with Gasteiger partial charge in [0.1, 0.15) is 6.61 Å². The molecule has 0 aliphatic carbocycles. The summed E-state index contributed by atoms with van der Waals surface area (Å²) in [4.78, 5) is 25.8. The molecule has 36 heavy (non-hydrogen) atoms. The molecule has 1 heterocycles. The average Bonchev–Trinajstić information content (AvgIpc) is 3.13. The molecule has 0 atom stereocenters. The highest BCUT2D eigenvalue weighted by Gasteiger charge is 2.33. The minimum Gasteiger partial charge on any atom is -0.490 e. The van der Waals surface area contributed by atoms with Gasteiger partial charge in [-0.25, -0.2) is 0 Å². The molecule has 0 radical (unpaired) electrons. The van der Waals surface area contributed by atoms with E-state index in [0.717, 1.165) is 10.6 Å². The van der Waals surface area contributed by atoms with Gasteiger partial charge < -0.3 is 9.47 Å². The maximum Gasteiger partial charge on any atom is 0.283 e. The summed E-state index contributed by atoms with van der Waals surface area (Å²) in [5, 5.41) is 6.33. The summed E-state index contributed by atoms with van der Waals surface area (Å²) < 4.78 is 11.7. The van der Waals surface area contributed by atoms with Crippen molar-refractivity contribution in [3.05, 3.63) is 98.0 Å². The van der Waals surface area contributed by atoms with E-state index >= 15 is 0 Å². The number of hydrazone groups is 1. The predicted molar refractivity (Wildman–Crippen MR) is 142 cm³/mol. The molecule has 1 aliphatic rings. The molecule has 0 N–H and O–H groups in total. The molecule has 0 saturated heterocycles. The Hall–Kier alpha value is -3.32. The molecule has 3 aromatic carbocycles. The maximum absolute atomic E-state index is 13.0. The third-order valence-electron chi connectivity index (χ3n) is 5.31. The van der Waals surface area contributed by atoms with Gasteiger partial charge >= 0.3 is 0 Å². The second-order valence-electron chi connectivity index (χ2n) is 7.82. The molecular formula is C27H21Cl3N2O4. The molecule has 9 heteroatoms. The van der Waals surface area contributed by atoms with Crippen molar-refractivity contribution in [1.29, 1.82) is 0 Å². The smallest absolute Gasteiger partial charge is 0.283 e. The van der Waals surface area contributed by atoms with Crippen molar-refractivity contribution in [3.63, 3.8) is 0 Å². The Bertz CT molecular complexity index is 1390. The topological polar surface area (TPSA) is 68.2 Å². The largest absolute Gasteiger partial charge is 0.490 e. The van der Waals surface area contributed by atoms with E-state index in [1.165, 1.54) is 0 Å². The molecular weight excluding hydrogens is 523 g/mol. The molecule has 0 aromatic heterocycles. The molecule has 0 saturated carbocycles. The van der Waals surface area contributed by atoms with Crippen molar-refractivity contribution in [2.45, 2.75) is 20.5 Å². The van der Waals surface area contributed by atoms with Crippen LogP contribution >= 0.6 is 34.8 Å². The number of amides is 2. The van der Waals surface area contributed by atoms with E-state index in [2.05, 4.69) is 5.10 Å². The molecule has 0 fully saturated rings. The van der Waals surface area contributed by atoms with E-state index in [1.807, 2.05) is 6.92 Å². The number of rotatable bonds is 7. The number of ether oxygens (including phenoxy) is 2. The molecule has 0 unspecified atom stereocenters. The number of carbonyl (C=O) groups is 2. The highest BCUT2D eigenvalue weighted by molar-refractivity contribution is 6.35. The second kappa shape index (κ2) is 11.2. The third-order valence-corrected chi connectivity index (χ3v) is 6.17.